The van der Waals surface area contributed by atoms with Crippen molar-refractivity contribution < 1.29 is 14.0 Å². The fourth-order valence-corrected chi connectivity index (χ4v) is 4.30. The second-order valence-electron chi connectivity index (χ2n) is 7.33. The molecule has 2 aromatic rings. The smallest absolute Gasteiger partial charge is 0.270 e. The molecule has 1 saturated heterocycles. The molecule has 1 aliphatic heterocycles. The third-order valence-corrected chi connectivity index (χ3v) is 5.63. The molecule has 6 nitrogen and oxygen atoms in total. The van der Waals surface area contributed by atoms with E-state index in [-0.39, 0.29) is 23.7 Å². The molecule has 2 atom stereocenters. The molecule has 1 aromatic heterocycles. The van der Waals surface area contributed by atoms with E-state index in [1.807, 2.05) is 0 Å². The zero-order chi connectivity index (χ0) is 18.9. The lowest BCUT2D eigenvalue weighted by atomic mass is 9.71. The molecule has 2 amide bonds. The molecule has 1 aromatic carbocycles. The second kappa shape index (κ2) is 7.06. The molecule has 2 heterocycles. The number of hydrogen-bond acceptors (Lipinski definition) is 4. The van der Waals surface area contributed by atoms with Gasteiger partial charge in [-0.05, 0) is 49.9 Å². The highest BCUT2D eigenvalue weighted by molar-refractivity contribution is 6.00. The maximum atomic E-state index is 13.6. The molecule has 0 bridgehead atoms. The van der Waals surface area contributed by atoms with E-state index in [1.54, 1.807) is 23.1 Å². The van der Waals surface area contributed by atoms with Crippen LogP contribution in [0.4, 0.5) is 10.1 Å². The first kappa shape index (κ1) is 17.6. The molecule has 1 spiro atoms. The van der Waals surface area contributed by atoms with Crippen LogP contribution in [0.5, 0.6) is 0 Å². The van der Waals surface area contributed by atoms with Crippen LogP contribution in [-0.4, -0.2) is 34.4 Å². The molecule has 2 fully saturated rings. The van der Waals surface area contributed by atoms with Crippen LogP contribution in [0.1, 0.15) is 42.6 Å². The Bertz CT molecular complexity index is 860. The Balaban J connectivity index is 1.47. The van der Waals surface area contributed by atoms with Gasteiger partial charge in [0.15, 0.2) is 0 Å². The molecule has 0 radical (unpaired) electrons. The van der Waals surface area contributed by atoms with E-state index in [0.717, 1.165) is 25.7 Å². The average molecular weight is 368 g/mol. The number of carbonyl (C=O) groups is 2. The fraction of sp³-hybridized carbons (Fsp3) is 0.400. The number of hydrogen-bond donors (Lipinski definition) is 1. The van der Waals surface area contributed by atoms with Crippen molar-refractivity contribution in [3.8, 4) is 0 Å². The van der Waals surface area contributed by atoms with E-state index >= 15 is 0 Å². The summed E-state index contributed by atoms with van der Waals surface area (Å²) in [7, 11) is 0. The first-order valence-corrected chi connectivity index (χ1v) is 9.22. The number of halogens is 1. The second-order valence-corrected chi connectivity index (χ2v) is 7.33. The van der Waals surface area contributed by atoms with E-state index in [4.69, 9.17) is 0 Å². The zero-order valence-corrected chi connectivity index (χ0v) is 14.9. The third kappa shape index (κ3) is 3.41. The first-order valence-electron chi connectivity index (χ1n) is 9.22. The summed E-state index contributed by atoms with van der Waals surface area (Å²) in [4.78, 5) is 35.0. The van der Waals surface area contributed by atoms with Crippen molar-refractivity contribution in [2.24, 2.45) is 5.41 Å². The van der Waals surface area contributed by atoms with Gasteiger partial charge in [-0.3, -0.25) is 9.59 Å². The number of nitrogens with one attached hydrogen (secondary N) is 1. The van der Waals surface area contributed by atoms with Crippen molar-refractivity contribution in [3.63, 3.8) is 0 Å². The van der Waals surface area contributed by atoms with Crippen molar-refractivity contribution in [1.29, 1.82) is 0 Å². The Morgan fingerprint density at radius 1 is 1.30 bits per heavy atom. The Hall–Kier alpha value is -2.83. The largest absolute Gasteiger partial charge is 0.348 e. The van der Waals surface area contributed by atoms with E-state index in [0.29, 0.717) is 24.3 Å². The summed E-state index contributed by atoms with van der Waals surface area (Å²) in [5.74, 6) is -0.555. The lowest BCUT2D eigenvalue weighted by Crippen LogP contribution is -2.46. The van der Waals surface area contributed by atoms with Gasteiger partial charge in [-0.1, -0.05) is 12.5 Å². The minimum atomic E-state index is -0.478. The Kier molecular flexibility index (Phi) is 4.59. The molecule has 2 unspecified atom stereocenters. The Labute approximate surface area is 156 Å². The first-order chi connectivity index (χ1) is 13.1. The number of anilines is 1. The standard InChI is InChI=1S/C20H21FN4O2/c21-14-3-1-5-16(11-14)25-10-8-20(19(25)27)7-2-4-15(12-20)24-18(26)17-6-9-22-13-23-17/h1,3,5-6,9,11,13,15H,2,4,7-8,10,12H2,(H,24,26). The molecule has 140 valence electrons. The lowest BCUT2D eigenvalue weighted by Gasteiger charge is -2.36. The number of benzene rings is 1. The predicted octanol–water partition coefficient (Wildman–Crippen LogP) is 2.71. The van der Waals surface area contributed by atoms with Gasteiger partial charge in [-0.15, -0.1) is 0 Å². The number of aromatic nitrogens is 2. The van der Waals surface area contributed by atoms with Crippen LogP contribution < -0.4 is 10.2 Å². The van der Waals surface area contributed by atoms with Crippen LogP contribution in [0.2, 0.25) is 0 Å². The van der Waals surface area contributed by atoms with Crippen molar-refractivity contribution in [3.05, 3.63) is 54.4 Å². The average Bonchev–Trinajstić information content (AvgIpc) is 2.98. The highest BCUT2D eigenvalue weighted by Crippen LogP contribution is 2.46. The normalized spacial score (nSPS) is 25.0. The molecular formula is C20H21FN4O2. The number of nitrogens with zero attached hydrogens (tertiary/aromatic N) is 3. The minimum Gasteiger partial charge on any atom is -0.348 e. The molecule has 4 rings (SSSR count). The van der Waals surface area contributed by atoms with Crippen LogP contribution >= 0.6 is 0 Å². The molecule has 7 heteroatoms. The molecule has 1 saturated carbocycles. The van der Waals surface area contributed by atoms with Crippen molar-refractivity contribution in [2.45, 2.75) is 38.1 Å². The van der Waals surface area contributed by atoms with Gasteiger partial charge >= 0.3 is 0 Å². The SMILES string of the molecule is O=C(NC1CCCC2(CCN(c3cccc(F)c3)C2=O)C1)c1ccncn1. The van der Waals surface area contributed by atoms with Gasteiger partial charge < -0.3 is 10.2 Å². The molecule has 2 aliphatic rings. The summed E-state index contributed by atoms with van der Waals surface area (Å²) in [6, 6.07) is 7.65. The van der Waals surface area contributed by atoms with Crippen molar-refractivity contribution in [1.82, 2.24) is 15.3 Å². The van der Waals surface area contributed by atoms with Crippen LogP contribution in [0.3, 0.4) is 0 Å². The Morgan fingerprint density at radius 2 is 2.19 bits per heavy atom. The van der Waals surface area contributed by atoms with E-state index in [1.165, 1.54) is 24.7 Å². The molecular weight excluding hydrogens is 347 g/mol. The maximum Gasteiger partial charge on any atom is 0.270 e. The number of carbonyl (C=O) groups excluding carboxylic acids is 2. The van der Waals surface area contributed by atoms with Gasteiger partial charge in [-0.25, -0.2) is 14.4 Å². The minimum absolute atomic E-state index is 0.0362. The van der Waals surface area contributed by atoms with Crippen LogP contribution in [-0.2, 0) is 4.79 Å². The number of amides is 2. The molecule has 27 heavy (non-hydrogen) atoms. The predicted molar refractivity (Wildman–Crippen MR) is 97.6 cm³/mol. The summed E-state index contributed by atoms with van der Waals surface area (Å²) in [6.45, 7) is 0.578. The zero-order valence-electron chi connectivity index (χ0n) is 14.9. The highest BCUT2D eigenvalue weighted by Gasteiger charge is 2.49. The lowest BCUT2D eigenvalue weighted by molar-refractivity contribution is -0.127. The number of rotatable bonds is 3. The van der Waals surface area contributed by atoms with Gasteiger partial charge in [0.2, 0.25) is 5.91 Å². The van der Waals surface area contributed by atoms with Gasteiger partial charge in [0, 0.05) is 24.5 Å². The van der Waals surface area contributed by atoms with Crippen LogP contribution in [0, 0.1) is 11.2 Å². The van der Waals surface area contributed by atoms with Crippen molar-refractivity contribution in [2.75, 3.05) is 11.4 Å². The maximum absolute atomic E-state index is 13.6. The summed E-state index contributed by atoms with van der Waals surface area (Å²) in [6.07, 6.45) is 6.72. The third-order valence-electron chi connectivity index (χ3n) is 5.63. The fourth-order valence-electron chi connectivity index (χ4n) is 4.30. The van der Waals surface area contributed by atoms with Gasteiger partial charge in [0.05, 0.1) is 5.41 Å². The van der Waals surface area contributed by atoms with E-state index < -0.39 is 5.41 Å². The van der Waals surface area contributed by atoms with E-state index in [2.05, 4.69) is 15.3 Å². The highest BCUT2D eigenvalue weighted by atomic mass is 19.1. The quantitative estimate of drug-likeness (QED) is 0.904. The van der Waals surface area contributed by atoms with Crippen molar-refractivity contribution >= 4 is 17.5 Å². The van der Waals surface area contributed by atoms with E-state index in [9.17, 15) is 14.0 Å². The van der Waals surface area contributed by atoms with Crippen LogP contribution in [0.15, 0.2) is 42.9 Å². The molecule has 1 aliphatic carbocycles. The Morgan fingerprint density at radius 3 is 2.96 bits per heavy atom. The molecule has 1 N–H and O–H groups in total. The van der Waals surface area contributed by atoms with Gasteiger partial charge in [-0.2, -0.15) is 0 Å². The van der Waals surface area contributed by atoms with Gasteiger partial charge in [0.25, 0.3) is 5.91 Å². The summed E-state index contributed by atoms with van der Waals surface area (Å²) in [5, 5.41) is 3.01. The topological polar surface area (TPSA) is 75.2 Å². The summed E-state index contributed by atoms with van der Waals surface area (Å²) < 4.78 is 13.6. The monoisotopic (exact) mass is 368 g/mol. The van der Waals surface area contributed by atoms with Gasteiger partial charge in [0.1, 0.15) is 17.8 Å². The summed E-state index contributed by atoms with van der Waals surface area (Å²) in [5.41, 5.74) is 0.446. The van der Waals surface area contributed by atoms with Crippen LogP contribution in [0.25, 0.3) is 0 Å². The summed E-state index contributed by atoms with van der Waals surface area (Å²) >= 11 is 0.